The van der Waals surface area contributed by atoms with Gasteiger partial charge in [0.1, 0.15) is 0 Å². The molecule has 4 atom stereocenters. The minimum atomic E-state index is -0.184. The fourth-order valence-electron chi connectivity index (χ4n) is 2.11. The predicted molar refractivity (Wildman–Crippen MR) is 63.5 cm³/mol. The topological polar surface area (TPSA) is 50.7 Å². The molecule has 0 aliphatic heterocycles. The van der Waals surface area contributed by atoms with E-state index in [0.717, 1.165) is 32.4 Å². The zero-order chi connectivity index (χ0) is 12.0. The van der Waals surface area contributed by atoms with E-state index in [1.165, 1.54) is 0 Å². The molecule has 0 aromatic carbocycles. The van der Waals surface area contributed by atoms with Gasteiger partial charge in [0.15, 0.2) is 0 Å². The van der Waals surface area contributed by atoms with Crippen LogP contribution in [0.5, 0.6) is 0 Å². The lowest BCUT2D eigenvalue weighted by Gasteiger charge is -2.43. The standard InChI is InChI=1S/C12H25NO3/c1-4-9(14)6-7-13-10-8-11(16-5-2)12(10)15-3/h9-14H,4-8H2,1-3H3. The molecule has 4 unspecified atom stereocenters. The van der Waals surface area contributed by atoms with E-state index < -0.39 is 0 Å². The molecular formula is C12H25NO3. The Hall–Kier alpha value is -0.160. The fourth-order valence-corrected chi connectivity index (χ4v) is 2.11. The first kappa shape index (κ1) is 13.9. The Balaban J connectivity index is 2.14. The van der Waals surface area contributed by atoms with Crippen molar-refractivity contribution in [1.29, 1.82) is 0 Å². The largest absolute Gasteiger partial charge is 0.393 e. The van der Waals surface area contributed by atoms with Crippen molar-refractivity contribution in [2.45, 2.75) is 57.5 Å². The maximum Gasteiger partial charge on any atom is 0.0986 e. The highest BCUT2D eigenvalue weighted by Gasteiger charge is 2.41. The number of hydrogen-bond donors (Lipinski definition) is 2. The highest BCUT2D eigenvalue weighted by atomic mass is 16.5. The van der Waals surface area contributed by atoms with Crippen LogP contribution in [0.3, 0.4) is 0 Å². The summed E-state index contributed by atoms with van der Waals surface area (Å²) < 4.78 is 10.9. The van der Waals surface area contributed by atoms with Crippen LogP contribution in [-0.4, -0.2) is 49.7 Å². The Bertz CT molecular complexity index is 189. The van der Waals surface area contributed by atoms with Crippen LogP contribution in [0.25, 0.3) is 0 Å². The average molecular weight is 231 g/mol. The number of methoxy groups -OCH3 is 1. The molecule has 4 nitrogen and oxygen atoms in total. The second-order valence-corrected chi connectivity index (χ2v) is 4.34. The van der Waals surface area contributed by atoms with Gasteiger partial charge in [-0.05, 0) is 32.7 Å². The van der Waals surface area contributed by atoms with Gasteiger partial charge in [-0.25, -0.2) is 0 Å². The molecule has 1 fully saturated rings. The molecule has 0 amide bonds. The molecule has 2 N–H and O–H groups in total. The lowest BCUT2D eigenvalue weighted by Crippen LogP contribution is -2.60. The summed E-state index contributed by atoms with van der Waals surface area (Å²) in [7, 11) is 1.73. The zero-order valence-corrected chi connectivity index (χ0v) is 10.6. The second-order valence-electron chi connectivity index (χ2n) is 4.34. The minimum absolute atomic E-state index is 0.165. The van der Waals surface area contributed by atoms with Crippen molar-refractivity contribution in [3.63, 3.8) is 0 Å². The number of aliphatic hydroxyl groups excluding tert-OH is 1. The van der Waals surface area contributed by atoms with E-state index in [4.69, 9.17) is 9.47 Å². The van der Waals surface area contributed by atoms with E-state index in [1.54, 1.807) is 7.11 Å². The Labute approximate surface area is 98.3 Å². The number of aliphatic hydroxyl groups is 1. The lowest BCUT2D eigenvalue weighted by atomic mass is 9.85. The first-order valence-corrected chi connectivity index (χ1v) is 6.28. The fraction of sp³-hybridized carbons (Fsp3) is 1.00. The molecule has 0 spiro atoms. The van der Waals surface area contributed by atoms with E-state index in [-0.39, 0.29) is 18.3 Å². The van der Waals surface area contributed by atoms with Crippen LogP contribution < -0.4 is 5.32 Å². The molecule has 96 valence electrons. The lowest BCUT2D eigenvalue weighted by molar-refractivity contribution is -0.131. The van der Waals surface area contributed by atoms with Crippen molar-refractivity contribution in [3.05, 3.63) is 0 Å². The highest BCUT2D eigenvalue weighted by Crippen LogP contribution is 2.26. The van der Waals surface area contributed by atoms with Crippen LogP contribution in [0.15, 0.2) is 0 Å². The normalized spacial score (nSPS) is 31.1. The van der Waals surface area contributed by atoms with E-state index in [1.807, 2.05) is 13.8 Å². The van der Waals surface area contributed by atoms with Gasteiger partial charge in [-0.2, -0.15) is 0 Å². The SMILES string of the molecule is CCOC1CC(NCCC(O)CC)C1OC. The molecule has 4 heteroatoms. The van der Waals surface area contributed by atoms with Crippen molar-refractivity contribution in [3.8, 4) is 0 Å². The molecule has 0 heterocycles. The monoisotopic (exact) mass is 231 g/mol. The summed E-state index contributed by atoms with van der Waals surface area (Å²) in [5.41, 5.74) is 0. The molecule has 0 radical (unpaired) electrons. The zero-order valence-electron chi connectivity index (χ0n) is 10.6. The highest BCUT2D eigenvalue weighted by molar-refractivity contribution is 4.97. The van der Waals surface area contributed by atoms with E-state index in [9.17, 15) is 5.11 Å². The van der Waals surface area contributed by atoms with Crippen LogP contribution in [0.4, 0.5) is 0 Å². The molecule has 16 heavy (non-hydrogen) atoms. The maximum atomic E-state index is 9.42. The van der Waals surface area contributed by atoms with Gasteiger partial charge in [0.2, 0.25) is 0 Å². The molecule has 0 aromatic heterocycles. The number of rotatable bonds is 8. The first-order valence-electron chi connectivity index (χ1n) is 6.28. The third-order valence-corrected chi connectivity index (χ3v) is 3.26. The van der Waals surface area contributed by atoms with Crippen molar-refractivity contribution < 1.29 is 14.6 Å². The van der Waals surface area contributed by atoms with Crippen LogP contribution in [0.2, 0.25) is 0 Å². The summed E-state index contributed by atoms with van der Waals surface area (Å²) >= 11 is 0. The Morgan fingerprint density at radius 2 is 2.19 bits per heavy atom. The van der Waals surface area contributed by atoms with Crippen molar-refractivity contribution >= 4 is 0 Å². The Morgan fingerprint density at radius 1 is 1.44 bits per heavy atom. The maximum absolute atomic E-state index is 9.42. The summed E-state index contributed by atoms with van der Waals surface area (Å²) in [5.74, 6) is 0. The van der Waals surface area contributed by atoms with E-state index in [2.05, 4.69) is 5.32 Å². The van der Waals surface area contributed by atoms with Crippen molar-refractivity contribution in [2.75, 3.05) is 20.3 Å². The van der Waals surface area contributed by atoms with Gasteiger partial charge in [0, 0.05) is 19.8 Å². The number of hydrogen-bond acceptors (Lipinski definition) is 4. The van der Waals surface area contributed by atoms with Gasteiger partial charge in [0.05, 0.1) is 18.3 Å². The Kier molecular flexibility index (Phi) is 6.28. The Morgan fingerprint density at radius 3 is 2.75 bits per heavy atom. The van der Waals surface area contributed by atoms with Crippen LogP contribution in [-0.2, 0) is 9.47 Å². The third-order valence-electron chi connectivity index (χ3n) is 3.26. The molecule has 0 aromatic rings. The predicted octanol–water partition coefficient (Wildman–Crippen LogP) is 0.929. The van der Waals surface area contributed by atoms with Gasteiger partial charge < -0.3 is 19.9 Å². The summed E-state index contributed by atoms with van der Waals surface area (Å²) in [5, 5.41) is 12.8. The summed E-state index contributed by atoms with van der Waals surface area (Å²) in [6.07, 6.45) is 2.86. The molecule has 1 aliphatic rings. The molecule has 1 aliphatic carbocycles. The third kappa shape index (κ3) is 3.70. The van der Waals surface area contributed by atoms with Gasteiger partial charge in [-0.1, -0.05) is 6.92 Å². The summed E-state index contributed by atoms with van der Waals surface area (Å²) in [6, 6.07) is 0.380. The van der Waals surface area contributed by atoms with E-state index in [0.29, 0.717) is 6.04 Å². The van der Waals surface area contributed by atoms with Crippen LogP contribution in [0.1, 0.15) is 33.1 Å². The van der Waals surface area contributed by atoms with Crippen LogP contribution in [0, 0.1) is 0 Å². The van der Waals surface area contributed by atoms with Crippen molar-refractivity contribution in [2.24, 2.45) is 0 Å². The van der Waals surface area contributed by atoms with Gasteiger partial charge in [-0.3, -0.25) is 0 Å². The minimum Gasteiger partial charge on any atom is -0.393 e. The molecule has 0 bridgehead atoms. The number of nitrogens with one attached hydrogen (secondary N) is 1. The van der Waals surface area contributed by atoms with Crippen LogP contribution >= 0.6 is 0 Å². The number of ether oxygens (including phenoxy) is 2. The average Bonchev–Trinajstić information content (AvgIpc) is 2.26. The molecule has 0 saturated heterocycles. The van der Waals surface area contributed by atoms with E-state index >= 15 is 0 Å². The smallest absolute Gasteiger partial charge is 0.0986 e. The van der Waals surface area contributed by atoms with Gasteiger partial charge in [0.25, 0.3) is 0 Å². The first-order chi connectivity index (χ1) is 7.72. The molecule has 1 rings (SSSR count). The quantitative estimate of drug-likeness (QED) is 0.652. The molecular weight excluding hydrogens is 206 g/mol. The van der Waals surface area contributed by atoms with Gasteiger partial charge in [-0.15, -0.1) is 0 Å². The molecule has 1 saturated carbocycles. The van der Waals surface area contributed by atoms with Gasteiger partial charge >= 0.3 is 0 Å². The summed E-state index contributed by atoms with van der Waals surface area (Å²) in [6.45, 7) is 5.59. The van der Waals surface area contributed by atoms with Crippen molar-refractivity contribution in [1.82, 2.24) is 5.32 Å². The second kappa shape index (κ2) is 7.22. The summed E-state index contributed by atoms with van der Waals surface area (Å²) in [4.78, 5) is 0.